The molecular weight excluding hydrogens is 235 g/mol. The lowest BCUT2D eigenvalue weighted by atomic mass is 9.93. The smallest absolute Gasteiger partial charge is 0.368 e. The first-order valence-electron chi connectivity index (χ1n) is 3.93. The van der Waals surface area contributed by atoms with Gasteiger partial charge in [-0.3, -0.25) is 0 Å². The van der Waals surface area contributed by atoms with Crippen molar-refractivity contribution >= 4 is 40.3 Å². The van der Waals surface area contributed by atoms with Gasteiger partial charge in [0.2, 0.25) is 0 Å². The number of aliphatic hydroxyl groups excluding tert-OH is 1. The molecule has 3 nitrogen and oxygen atoms in total. The summed E-state index contributed by atoms with van der Waals surface area (Å²) in [6.07, 6.45) is -0.507. The lowest BCUT2D eigenvalue weighted by molar-refractivity contribution is 0.0653. The van der Waals surface area contributed by atoms with Gasteiger partial charge in [-0.1, -0.05) is 0 Å². The maximum atomic E-state index is 10.9. The zero-order valence-electron chi connectivity index (χ0n) is 6.52. The number of carbonyl (C=O) groups is 1. The highest BCUT2D eigenvalue weighted by atomic mass is 35.5. The van der Waals surface area contributed by atoms with Crippen molar-refractivity contribution in [1.82, 2.24) is 0 Å². The molecular formula is C7H8Cl2O3S. The van der Waals surface area contributed by atoms with Gasteiger partial charge in [0.15, 0.2) is 0 Å². The van der Waals surface area contributed by atoms with Gasteiger partial charge in [0.1, 0.15) is 6.10 Å². The molecule has 1 N–H and O–H groups in total. The minimum Gasteiger partial charge on any atom is -0.453 e. The van der Waals surface area contributed by atoms with E-state index in [2.05, 4.69) is 0 Å². The largest absolute Gasteiger partial charge is 0.453 e. The van der Waals surface area contributed by atoms with Crippen LogP contribution in [-0.2, 0) is 4.74 Å². The molecule has 5 atom stereocenters. The highest BCUT2D eigenvalue weighted by Crippen LogP contribution is 2.42. The van der Waals surface area contributed by atoms with Crippen LogP contribution in [0.25, 0.3) is 0 Å². The van der Waals surface area contributed by atoms with Crippen LogP contribution >= 0.6 is 35.0 Å². The zero-order chi connectivity index (χ0) is 9.59. The summed E-state index contributed by atoms with van der Waals surface area (Å²) in [5, 5.41) is 8.14. The maximum Gasteiger partial charge on any atom is 0.368 e. The number of hydrogen-bond donors (Lipinski definition) is 1. The standard InChI is InChI=1S/C7H8Cl2O3S/c8-2-1-3-6(4(9)5(2)10)13-7(11)12-3/h2-6,10H,1H2. The zero-order valence-corrected chi connectivity index (χ0v) is 8.85. The summed E-state index contributed by atoms with van der Waals surface area (Å²) in [5.41, 5.74) is 0. The molecule has 1 aliphatic heterocycles. The number of carbonyl (C=O) groups excluding carboxylic acids is 1. The molecule has 2 fully saturated rings. The van der Waals surface area contributed by atoms with Gasteiger partial charge >= 0.3 is 5.30 Å². The van der Waals surface area contributed by atoms with Crippen LogP contribution in [0.15, 0.2) is 0 Å². The first kappa shape index (κ1) is 9.90. The third-order valence-corrected chi connectivity index (χ3v) is 4.59. The molecule has 0 aromatic rings. The predicted molar refractivity (Wildman–Crippen MR) is 51.6 cm³/mol. The van der Waals surface area contributed by atoms with E-state index < -0.39 is 16.9 Å². The molecule has 13 heavy (non-hydrogen) atoms. The summed E-state index contributed by atoms with van der Waals surface area (Å²) in [5.74, 6) is 0. The average Bonchev–Trinajstić information content (AvgIpc) is 2.42. The molecule has 1 saturated carbocycles. The van der Waals surface area contributed by atoms with E-state index in [-0.39, 0.29) is 16.7 Å². The Labute approximate surface area is 89.7 Å². The molecule has 2 rings (SSSR count). The molecule has 0 aromatic carbocycles. The van der Waals surface area contributed by atoms with E-state index in [1.165, 1.54) is 0 Å². The van der Waals surface area contributed by atoms with Gasteiger partial charge in [-0.25, -0.2) is 4.79 Å². The van der Waals surface area contributed by atoms with Crippen LogP contribution in [0.2, 0.25) is 0 Å². The number of ether oxygens (including phenoxy) is 1. The Morgan fingerprint density at radius 1 is 1.54 bits per heavy atom. The molecule has 0 radical (unpaired) electrons. The van der Waals surface area contributed by atoms with E-state index >= 15 is 0 Å². The van der Waals surface area contributed by atoms with E-state index in [9.17, 15) is 9.90 Å². The van der Waals surface area contributed by atoms with Gasteiger partial charge in [-0.2, -0.15) is 0 Å². The van der Waals surface area contributed by atoms with Gasteiger partial charge in [0.25, 0.3) is 0 Å². The summed E-state index contributed by atoms with van der Waals surface area (Å²) in [6.45, 7) is 0. The number of fused-ring (bicyclic) bond motifs is 1. The third-order valence-electron chi connectivity index (χ3n) is 2.31. The first-order chi connectivity index (χ1) is 6.09. The van der Waals surface area contributed by atoms with Crippen molar-refractivity contribution in [3.05, 3.63) is 0 Å². The Morgan fingerprint density at radius 2 is 2.23 bits per heavy atom. The molecule has 0 bridgehead atoms. The van der Waals surface area contributed by atoms with Gasteiger partial charge in [-0.05, 0) is 11.8 Å². The van der Waals surface area contributed by atoms with Crippen LogP contribution in [0.1, 0.15) is 6.42 Å². The summed E-state index contributed by atoms with van der Waals surface area (Å²) < 4.78 is 5.00. The number of thioether (sulfide) groups is 1. The SMILES string of the molecule is O=C1OC2CC(Cl)C(O)C(Cl)C2S1. The van der Waals surface area contributed by atoms with Crippen molar-refractivity contribution in [3.63, 3.8) is 0 Å². The normalized spacial score (nSPS) is 50.1. The lowest BCUT2D eigenvalue weighted by Crippen LogP contribution is -2.48. The minimum absolute atomic E-state index is 0.154. The summed E-state index contributed by atoms with van der Waals surface area (Å²) in [6, 6.07) is 0. The highest BCUT2D eigenvalue weighted by molar-refractivity contribution is 8.14. The molecule has 0 spiro atoms. The molecule has 5 unspecified atom stereocenters. The molecule has 2 aliphatic rings. The van der Waals surface area contributed by atoms with Crippen LogP contribution in [0.4, 0.5) is 4.79 Å². The Balaban J connectivity index is 2.15. The molecule has 0 aromatic heterocycles. The van der Waals surface area contributed by atoms with E-state index in [4.69, 9.17) is 27.9 Å². The molecule has 1 aliphatic carbocycles. The van der Waals surface area contributed by atoms with Crippen LogP contribution < -0.4 is 0 Å². The fraction of sp³-hybridized carbons (Fsp3) is 0.857. The number of alkyl halides is 2. The Morgan fingerprint density at radius 3 is 2.92 bits per heavy atom. The van der Waals surface area contributed by atoms with Crippen molar-refractivity contribution in [2.24, 2.45) is 0 Å². The second-order valence-electron chi connectivity index (χ2n) is 3.18. The first-order valence-corrected chi connectivity index (χ1v) is 5.68. The van der Waals surface area contributed by atoms with Gasteiger partial charge < -0.3 is 9.84 Å². The van der Waals surface area contributed by atoms with E-state index in [1.54, 1.807) is 0 Å². The Kier molecular flexibility index (Phi) is 2.66. The van der Waals surface area contributed by atoms with Crippen molar-refractivity contribution < 1.29 is 14.6 Å². The Bertz CT molecular complexity index is 238. The second-order valence-corrected chi connectivity index (χ2v) is 5.35. The summed E-state index contributed by atoms with van der Waals surface area (Å²) >= 11 is 12.8. The number of rotatable bonds is 0. The van der Waals surface area contributed by atoms with E-state index in [0.29, 0.717) is 6.42 Å². The van der Waals surface area contributed by atoms with E-state index in [1.807, 2.05) is 0 Å². The fourth-order valence-corrected chi connectivity index (χ4v) is 3.52. The molecule has 74 valence electrons. The maximum absolute atomic E-state index is 10.9. The van der Waals surface area contributed by atoms with Crippen LogP contribution in [-0.4, -0.2) is 38.6 Å². The number of aliphatic hydroxyl groups is 1. The van der Waals surface area contributed by atoms with Gasteiger partial charge in [0, 0.05) is 6.42 Å². The number of halogens is 2. The monoisotopic (exact) mass is 242 g/mol. The van der Waals surface area contributed by atoms with Crippen LogP contribution in [0.3, 0.4) is 0 Å². The average molecular weight is 243 g/mol. The second kappa shape index (κ2) is 3.50. The predicted octanol–water partition coefficient (Wildman–Crippen LogP) is 1.59. The minimum atomic E-state index is -0.758. The molecule has 1 heterocycles. The van der Waals surface area contributed by atoms with Crippen molar-refractivity contribution in [1.29, 1.82) is 0 Å². The van der Waals surface area contributed by atoms with Crippen LogP contribution in [0.5, 0.6) is 0 Å². The van der Waals surface area contributed by atoms with Crippen LogP contribution in [0, 0.1) is 0 Å². The van der Waals surface area contributed by atoms with Crippen molar-refractivity contribution in [3.8, 4) is 0 Å². The van der Waals surface area contributed by atoms with Crippen molar-refractivity contribution in [2.75, 3.05) is 0 Å². The van der Waals surface area contributed by atoms with Gasteiger partial charge in [0.05, 0.1) is 22.1 Å². The Hall–Kier alpha value is 0.360. The highest BCUT2D eigenvalue weighted by Gasteiger charge is 2.49. The quantitative estimate of drug-likeness (QED) is 0.518. The fourth-order valence-electron chi connectivity index (χ4n) is 1.61. The van der Waals surface area contributed by atoms with Gasteiger partial charge in [-0.15, -0.1) is 23.2 Å². The molecule has 1 saturated heterocycles. The lowest BCUT2D eigenvalue weighted by Gasteiger charge is -2.34. The molecule has 6 heteroatoms. The third kappa shape index (κ3) is 1.65. The number of hydrogen-bond acceptors (Lipinski definition) is 4. The molecule has 0 amide bonds. The van der Waals surface area contributed by atoms with E-state index in [0.717, 1.165) is 11.8 Å². The topological polar surface area (TPSA) is 46.5 Å². The van der Waals surface area contributed by atoms with Crippen molar-refractivity contribution in [2.45, 2.75) is 34.6 Å². The summed E-state index contributed by atoms with van der Waals surface area (Å²) in [7, 11) is 0. The summed E-state index contributed by atoms with van der Waals surface area (Å²) in [4.78, 5) is 10.9.